The number of aryl methyl sites for hydroxylation is 2. The fourth-order valence-corrected chi connectivity index (χ4v) is 6.44. The van der Waals surface area contributed by atoms with Crippen molar-refractivity contribution in [1.82, 2.24) is 19.7 Å². The van der Waals surface area contributed by atoms with Crippen LogP contribution in [0, 0.1) is 19.7 Å². The highest BCUT2D eigenvalue weighted by Crippen LogP contribution is 2.30. The second kappa shape index (κ2) is 9.43. The van der Waals surface area contributed by atoms with E-state index in [2.05, 4.69) is 10.5 Å². The monoisotopic (exact) mass is 493 g/mol. The fraction of sp³-hybridized carbons (Fsp3) is 0.500. The van der Waals surface area contributed by atoms with Gasteiger partial charge in [0, 0.05) is 30.7 Å². The molecule has 12 heteroatoms. The molecule has 10 nitrogen and oxygen atoms in total. The van der Waals surface area contributed by atoms with E-state index in [1.807, 2.05) is 0 Å². The van der Waals surface area contributed by atoms with Gasteiger partial charge in [-0.3, -0.25) is 9.59 Å². The van der Waals surface area contributed by atoms with Crippen LogP contribution in [-0.4, -0.2) is 65.9 Å². The molecule has 1 aromatic heterocycles. The first-order chi connectivity index (χ1) is 16.1. The lowest BCUT2D eigenvalue weighted by Gasteiger charge is -2.32. The number of carbonyl (C=O) groups is 2. The zero-order chi connectivity index (χ0) is 24.6. The van der Waals surface area contributed by atoms with E-state index in [4.69, 9.17) is 10.3 Å². The van der Waals surface area contributed by atoms with Gasteiger partial charge in [-0.05, 0) is 63.8 Å². The summed E-state index contributed by atoms with van der Waals surface area (Å²) in [4.78, 5) is 27.8. The third kappa shape index (κ3) is 4.57. The van der Waals surface area contributed by atoms with E-state index in [1.54, 1.807) is 0 Å². The number of nitrogens with one attached hydrogen (secondary N) is 1. The van der Waals surface area contributed by atoms with E-state index >= 15 is 0 Å². The van der Waals surface area contributed by atoms with Gasteiger partial charge in [-0.2, -0.15) is 4.31 Å². The summed E-state index contributed by atoms with van der Waals surface area (Å²) in [6.07, 6.45) is 1.42. The number of rotatable bonds is 5. The molecule has 2 heterocycles. The molecule has 1 aliphatic carbocycles. The molecule has 1 saturated heterocycles. The lowest BCUT2D eigenvalue weighted by molar-refractivity contribution is -0.128. The molecule has 1 unspecified atom stereocenters. The first kappa shape index (κ1) is 24.3. The van der Waals surface area contributed by atoms with E-state index in [9.17, 15) is 22.4 Å². The molecular formula is C22H28FN5O5S. The number of hydrogen-bond donors (Lipinski definition) is 2. The van der Waals surface area contributed by atoms with Gasteiger partial charge >= 0.3 is 0 Å². The van der Waals surface area contributed by atoms with Crippen molar-refractivity contribution in [1.29, 1.82) is 0 Å². The molecule has 2 aliphatic rings. The van der Waals surface area contributed by atoms with Crippen molar-refractivity contribution in [3.63, 3.8) is 0 Å². The SMILES string of the molecule is Cc1noc(C)c1S(=O)(=O)N1CCN(C(=O)c2ccc(F)cc2)C1C(=O)NC1CCC(N)CC1. The van der Waals surface area contributed by atoms with Crippen LogP contribution in [0.3, 0.4) is 0 Å². The standard InChI is InChI=1S/C22H28FN5O5S/c1-13-19(14(2)33-26-13)34(31,32)28-12-11-27(22(30)15-3-5-16(23)6-4-15)21(28)20(29)25-18-9-7-17(24)8-10-18/h3-6,17-18,21H,7-12,24H2,1-2H3,(H,25,29). The van der Waals surface area contributed by atoms with Crippen LogP contribution in [0.1, 0.15) is 47.5 Å². The Morgan fingerprint density at radius 1 is 1.12 bits per heavy atom. The minimum absolute atomic E-state index is 0.00750. The number of hydrogen-bond acceptors (Lipinski definition) is 7. The van der Waals surface area contributed by atoms with Gasteiger partial charge < -0.3 is 20.5 Å². The van der Waals surface area contributed by atoms with Crippen LogP contribution < -0.4 is 11.1 Å². The van der Waals surface area contributed by atoms with E-state index in [-0.39, 0.29) is 47.1 Å². The Labute approximate surface area is 197 Å². The molecule has 1 atom stereocenters. The lowest BCUT2D eigenvalue weighted by atomic mass is 9.92. The summed E-state index contributed by atoms with van der Waals surface area (Å²) >= 11 is 0. The quantitative estimate of drug-likeness (QED) is 0.640. The van der Waals surface area contributed by atoms with Crippen molar-refractivity contribution < 1.29 is 26.9 Å². The maximum absolute atomic E-state index is 13.6. The number of sulfonamides is 1. The molecule has 0 bridgehead atoms. The third-order valence-corrected chi connectivity index (χ3v) is 8.47. The minimum atomic E-state index is -4.21. The summed E-state index contributed by atoms with van der Waals surface area (Å²) in [6, 6.07) is 4.80. The zero-order valence-corrected chi connectivity index (χ0v) is 19.8. The van der Waals surface area contributed by atoms with E-state index < -0.39 is 33.8 Å². The van der Waals surface area contributed by atoms with Gasteiger partial charge in [0.1, 0.15) is 16.4 Å². The molecule has 0 radical (unpaired) electrons. The predicted octanol–water partition coefficient (Wildman–Crippen LogP) is 1.29. The maximum Gasteiger partial charge on any atom is 0.259 e. The average Bonchev–Trinajstić information content (AvgIpc) is 3.39. The fourth-order valence-electron chi connectivity index (χ4n) is 4.60. The molecule has 1 aromatic carbocycles. The molecule has 0 spiro atoms. The summed E-state index contributed by atoms with van der Waals surface area (Å²) in [7, 11) is -4.21. The Kier molecular flexibility index (Phi) is 6.74. The third-order valence-electron chi connectivity index (χ3n) is 6.37. The van der Waals surface area contributed by atoms with Crippen LogP contribution in [0.5, 0.6) is 0 Å². The number of halogens is 1. The van der Waals surface area contributed by atoms with Crippen LogP contribution in [0.4, 0.5) is 4.39 Å². The Hall–Kier alpha value is -2.83. The first-order valence-electron chi connectivity index (χ1n) is 11.2. The molecular weight excluding hydrogens is 465 g/mol. The van der Waals surface area contributed by atoms with E-state index in [0.717, 1.165) is 29.3 Å². The highest BCUT2D eigenvalue weighted by atomic mass is 32.2. The summed E-state index contributed by atoms with van der Waals surface area (Å²) in [5.41, 5.74) is 6.27. The molecule has 34 heavy (non-hydrogen) atoms. The Morgan fingerprint density at radius 3 is 2.35 bits per heavy atom. The molecule has 2 amide bonds. The summed E-state index contributed by atoms with van der Waals surface area (Å²) in [5, 5.41) is 6.63. The van der Waals surface area contributed by atoms with Gasteiger partial charge in [0.25, 0.3) is 21.8 Å². The van der Waals surface area contributed by atoms with Gasteiger partial charge in [0.15, 0.2) is 11.9 Å². The van der Waals surface area contributed by atoms with Crippen molar-refractivity contribution in [3.8, 4) is 0 Å². The van der Waals surface area contributed by atoms with Gasteiger partial charge in [-0.1, -0.05) is 5.16 Å². The van der Waals surface area contributed by atoms with Crippen molar-refractivity contribution in [3.05, 3.63) is 47.1 Å². The normalized spacial score (nSPS) is 23.8. The highest BCUT2D eigenvalue weighted by Gasteiger charge is 2.48. The second-order valence-corrected chi connectivity index (χ2v) is 10.6. The molecule has 1 aliphatic heterocycles. The van der Waals surface area contributed by atoms with Crippen molar-refractivity contribution in [2.45, 2.75) is 62.7 Å². The minimum Gasteiger partial charge on any atom is -0.360 e. The summed E-state index contributed by atoms with van der Waals surface area (Å²) in [5.74, 6) is -1.57. The Balaban J connectivity index is 1.67. The molecule has 184 valence electrons. The van der Waals surface area contributed by atoms with E-state index in [1.165, 1.54) is 30.9 Å². The number of amides is 2. The molecule has 1 saturated carbocycles. The number of aromatic nitrogens is 1. The molecule has 2 aromatic rings. The largest absolute Gasteiger partial charge is 0.360 e. The molecule has 2 fully saturated rings. The number of nitrogens with two attached hydrogens (primary N) is 1. The summed E-state index contributed by atoms with van der Waals surface area (Å²) < 4.78 is 46.6. The van der Waals surface area contributed by atoms with Gasteiger partial charge in [0.05, 0.1) is 0 Å². The van der Waals surface area contributed by atoms with Gasteiger partial charge in [-0.25, -0.2) is 12.8 Å². The van der Waals surface area contributed by atoms with E-state index in [0.29, 0.717) is 12.8 Å². The molecule has 3 N–H and O–H groups in total. The maximum atomic E-state index is 13.6. The van der Waals surface area contributed by atoms with Crippen molar-refractivity contribution in [2.75, 3.05) is 13.1 Å². The van der Waals surface area contributed by atoms with Crippen LogP contribution in [0.15, 0.2) is 33.7 Å². The van der Waals surface area contributed by atoms with Gasteiger partial charge in [-0.15, -0.1) is 0 Å². The van der Waals surface area contributed by atoms with Crippen LogP contribution in [0.2, 0.25) is 0 Å². The van der Waals surface area contributed by atoms with Gasteiger partial charge in [0.2, 0.25) is 0 Å². The van der Waals surface area contributed by atoms with Crippen LogP contribution >= 0.6 is 0 Å². The zero-order valence-electron chi connectivity index (χ0n) is 19.0. The topological polar surface area (TPSA) is 139 Å². The van der Waals surface area contributed by atoms with Crippen molar-refractivity contribution in [2.24, 2.45) is 5.73 Å². The number of carbonyl (C=O) groups excluding carboxylic acids is 2. The predicted molar refractivity (Wildman–Crippen MR) is 119 cm³/mol. The Bertz CT molecular complexity index is 1160. The van der Waals surface area contributed by atoms with Crippen molar-refractivity contribution >= 4 is 21.8 Å². The smallest absolute Gasteiger partial charge is 0.259 e. The summed E-state index contributed by atoms with van der Waals surface area (Å²) in [6.45, 7) is 2.88. The second-order valence-electron chi connectivity index (χ2n) is 8.77. The first-order valence-corrected chi connectivity index (χ1v) is 12.6. The van der Waals surface area contributed by atoms with Crippen LogP contribution in [-0.2, 0) is 14.8 Å². The molecule has 4 rings (SSSR count). The number of nitrogens with zero attached hydrogens (tertiary/aromatic N) is 3. The van der Waals surface area contributed by atoms with Crippen LogP contribution in [0.25, 0.3) is 0 Å². The Morgan fingerprint density at radius 2 is 1.76 bits per heavy atom. The average molecular weight is 494 g/mol. The lowest BCUT2D eigenvalue weighted by Crippen LogP contribution is -2.56. The highest BCUT2D eigenvalue weighted by molar-refractivity contribution is 7.89. The number of benzene rings is 1.